The summed E-state index contributed by atoms with van der Waals surface area (Å²) in [4.78, 5) is 30.9. The second-order valence-corrected chi connectivity index (χ2v) is 6.99. The van der Waals surface area contributed by atoms with Gasteiger partial charge in [0.15, 0.2) is 5.13 Å². The van der Waals surface area contributed by atoms with Crippen LogP contribution in [0.25, 0.3) is 0 Å². The first-order valence-electron chi connectivity index (χ1n) is 8.68. The molecular weight excluding hydrogens is 326 g/mol. The van der Waals surface area contributed by atoms with E-state index in [-0.39, 0.29) is 24.3 Å². The number of rotatable bonds is 9. The molecule has 134 valence electrons. The number of aryl methyl sites for hydroxylation is 1. The zero-order valence-electron chi connectivity index (χ0n) is 14.5. The van der Waals surface area contributed by atoms with Crippen LogP contribution in [0.1, 0.15) is 44.7 Å². The Morgan fingerprint density at radius 2 is 2.17 bits per heavy atom. The van der Waals surface area contributed by atoms with Crippen LogP contribution in [0, 0.1) is 12.8 Å². The van der Waals surface area contributed by atoms with Crippen LogP contribution < -0.4 is 5.32 Å². The molecule has 6 nitrogen and oxygen atoms in total. The van der Waals surface area contributed by atoms with Gasteiger partial charge in [0, 0.05) is 31.1 Å². The van der Waals surface area contributed by atoms with Crippen molar-refractivity contribution in [1.29, 1.82) is 0 Å². The van der Waals surface area contributed by atoms with Crippen molar-refractivity contribution in [1.82, 2.24) is 9.88 Å². The lowest BCUT2D eigenvalue weighted by atomic mass is 10.1. The van der Waals surface area contributed by atoms with E-state index in [0.29, 0.717) is 24.9 Å². The molecule has 1 aliphatic carbocycles. The van der Waals surface area contributed by atoms with Gasteiger partial charge in [-0.15, -0.1) is 11.3 Å². The number of nitrogens with zero attached hydrogens (tertiary/aromatic N) is 2. The van der Waals surface area contributed by atoms with Crippen LogP contribution >= 0.6 is 11.3 Å². The van der Waals surface area contributed by atoms with Crippen molar-refractivity contribution in [3.8, 4) is 0 Å². The van der Waals surface area contributed by atoms with Gasteiger partial charge in [0.25, 0.3) is 0 Å². The third kappa shape index (κ3) is 5.87. The Labute approximate surface area is 147 Å². The van der Waals surface area contributed by atoms with E-state index in [1.54, 1.807) is 4.90 Å². The molecule has 1 saturated carbocycles. The van der Waals surface area contributed by atoms with Gasteiger partial charge in [0.05, 0.1) is 12.2 Å². The molecule has 7 heteroatoms. The van der Waals surface area contributed by atoms with Crippen LogP contribution in [0.5, 0.6) is 0 Å². The van der Waals surface area contributed by atoms with Crippen LogP contribution in [0.3, 0.4) is 0 Å². The number of ether oxygens (including phenoxy) is 1. The molecule has 2 amide bonds. The zero-order chi connectivity index (χ0) is 17.4. The topological polar surface area (TPSA) is 71.5 Å². The molecule has 0 atom stereocenters. The second-order valence-electron chi connectivity index (χ2n) is 6.13. The predicted octanol–water partition coefficient (Wildman–Crippen LogP) is 2.84. The first-order chi connectivity index (χ1) is 11.6. The zero-order valence-corrected chi connectivity index (χ0v) is 15.4. The minimum atomic E-state index is -0.188. The van der Waals surface area contributed by atoms with E-state index in [9.17, 15) is 9.59 Å². The highest BCUT2D eigenvalue weighted by Crippen LogP contribution is 2.26. The number of hydrogen-bond acceptors (Lipinski definition) is 5. The van der Waals surface area contributed by atoms with E-state index in [0.717, 1.165) is 37.8 Å². The second kappa shape index (κ2) is 9.74. The number of carbonyl (C=O) groups is 2. The third-order valence-electron chi connectivity index (χ3n) is 4.14. The summed E-state index contributed by atoms with van der Waals surface area (Å²) in [5.74, 6) is -0.00595. The Balaban J connectivity index is 1.90. The van der Waals surface area contributed by atoms with E-state index >= 15 is 0 Å². The number of nitrogens with one attached hydrogen (secondary N) is 1. The highest BCUT2D eigenvalue weighted by Gasteiger charge is 2.28. The van der Waals surface area contributed by atoms with E-state index < -0.39 is 0 Å². The van der Waals surface area contributed by atoms with Crippen LogP contribution in [0.4, 0.5) is 5.13 Å². The van der Waals surface area contributed by atoms with Crippen molar-refractivity contribution in [2.45, 2.75) is 46.0 Å². The lowest BCUT2D eigenvalue weighted by Gasteiger charge is -2.25. The Bertz CT molecular complexity index is 541. The fraction of sp³-hybridized carbons (Fsp3) is 0.706. The number of aromatic nitrogens is 1. The SMILES string of the molecule is CCOCCCN(CC(=O)Nc1nc(C)cs1)C(=O)C1CCCC1. The average Bonchev–Trinajstić information content (AvgIpc) is 3.21. The number of anilines is 1. The molecule has 24 heavy (non-hydrogen) atoms. The van der Waals surface area contributed by atoms with Crippen molar-refractivity contribution in [3.63, 3.8) is 0 Å². The molecule has 0 aliphatic heterocycles. The van der Waals surface area contributed by atoms with Gasteiger partial charge in [-0.3, -0.25) is 9.59 Å². The fourth-order valence-corrected chi connectivity index (χ4v) is 3.65. The molecule has 0 bridgehead atoms. The Hall–Kier alpha value is -1.47. The Kier molecular flexibility index (Phi) is 7.65. The van der Waals surface area contributed by atoms with Crippen molar-refractivity contribution < 1.29 is 14.3 Å². The summed E-state index contributed by atoms with van der Waals surface area (Å²) < 4.78 is 5.35. The van der Waals surface area contributed by atoms with Gasteiger partial charge in [-0.2, -0.15) is 0 Å². The molecule has 0 radical (unpaired) electrons. The molecule has 0 aromatic carbocycles. The van der Waals surface area contributed by atoms with Crippen LogP contribution in [0.2, 0.25) is 0 Å². The summed E-state index contributed by atoms with van der Waals surface area (Å²) >= 11 is 1.40. The Morgan fingerprint density at radius 3 is 2.79 bits per heavy atom. The molecule has 1 aliphatic rings. The van der Waals surface area contributed by atoms with Gasteiger partial charge >= 0.3 is 0 Å². The monoisotopic (exact) mass is 353 g/mol. The first-order valence-corrected chi connectivity index (χ1v) is 9.56. The minimum Gasteiger partial charge on any atom is -0.382 e. The molecule has 0 spiro atoms. The van der Waals surface area contributed by atoms with Crippen molar-refractivity contribution in [3.05, 3.63) is 11.1 Å². The molecule has 0 saturated heterocycles. The molecule has 1 aromatic rings. The lowest BCUT2D eigenvalue weighted by molar-refractivity contribution is -0.138. The largest absolute Gasteiger partial charge is 0.382 e. The van der Waals surface area contributed by atoms with Crippen LogP contribution in [-0.2, 0) is 14.3 Å². The van der Waals surface area contributed by atoms with Crippen LogP contribution in [-0.4, -0.2) is 48.0 Å². The molecule has 1 aromatic heterocycles. The predicted molar refractivity (Wildman–Crippen MR) is 95.1 cm³/mol. The van der Waals surface area contributed by atoms with Gasteiger partial charge in [0.1, 0.15) is 0 Å². The molecule has 2 rings (SSSR count). The van der Waals surface area contributed by atoms with E-state index in [2.05, 4.69) is 10.3 Å². The maximum absolute atomic E-state index is 12.7. The quantitative estimate of drug-likeness (QED) is 0.693. The van der Waals surface area contributed by atoms with Crippen molar-refractivity contribution >= 4 is 28.3 Å². The van der Waals surface area contributed by atoms with Crippen molar-refractivity contribution in [2.24, 2.45) is 5.92 Å². The lowest BCUT2D eigenvalue weighted by Crippen LogP contribution is -2.41. The fourth-order valence-electron chi connectivity index (χ4n) is 2.94. The van der Waals surface area contributed by atoms with Gasteiger partial charge in [-0.05, 0) is 33.1 Å². The molecule has 1 heterocycles. The summed E-state index contributed by atoms with van der Waals surface area (Å²) in [5.41, 5.74) is 0.880. The highest BCUT2D eigenvalue weighted by molar-refractivity contribution is 7.13. The standard InChI is InChI=1S/C17H27N3O3S/c1-3-23-10-6-9-20(16(22)14-7-4-5-8-14)11-15(21)19-17-18-13(2)12-24-17/h12,14H,3-11H2,1-2H3,(H,18,19,21). The minimum absolute atomic E-state index is 0.0759. The summed E-state index contributed by atoms with van der Waals surface area (Å²) in [7, 11) is 0. The van der Waals surface area contributed by atoms with Crippen LogP contribution in [0.15, 0.2) is 5.38 Å². The highest BCUT2D eigenvalue weighted by atomic mass is 32.1. The van der Waals surface area contributed by atoms with Gasteiger partial charge in [-0.25, -0.2) is 4.98 Å². The average molecular weight is 353 g/mol. The summed E-state index contributed by atoms with van der Waals surface area (Å²) in [6, 6.07) is 0. The summed E-state index contributed by atoms with van der Waals surface area (Å²) in [6.07, 6.45) is 4.83. The molecule has 1 N–H and O–H groups in total. The number of hydrogen-bond donors (Lipinski definition) is 1. The third-order valence-corrected chi connectivity index (χ3v) is 5.01. The van der Waals surface area contributed by atoms with E-state index in [1.165, 1.54) is 11.3 Å². The number of amides is 2. The maximum atomic E-state index is 12.7. The smallest absolute Gasteiger partial charge is 0.245 e. The normalized spacial score (nSPS) is 14.8. The van der Waals surface area contributed by atoms with Gasteiger partial charge in [0.2, 0.25) is 11.8 Å². The number of carbonyl (C=O) groups excluding carboxylic acids is 2. The first kappa shape index (κ1) is 18.9. The molecular formula is C17H27N3O3S. The van der Waals surface area contributed by atoms with Gasteiger partial charge < -0.3 is 15.0 Å². The Morgan fingerprint density at radius 1 is 1.42 bits per heavy atom. The van der Waals surface area contributed by atoms with Gasteiger partial charge in [-0.1, -0.05) is 12.8 Å². The summed E-state index contributed by atoms with van der Waals surface area (Å²) in [5, 5.41) is 5.26. The number of thiazole rings is 1. The van der Waals surface area contributed by atoms with E-state index in [1.807, 2.05) is 19.2 Å². The molecule has 1 fully saturated rings. The van der Waals surface area contributed by atoms with Crippen molar-refractivity contribution in [2.75, 3.05) is 31.6 Å². The summed E-state index contributed by atoms with van der Waals surface area (Å²) in [6.45, 7) is 5.75. The molecule has 0 unspecified atom stereocenters. The maximum Gasteiger partial charge on any atom is 0.245 e. The van der Waals surface area contributed by atoms with E-state index in [4.69, 9.17) is 4.74 Å².